The number of carboxylic acid groups (broad SMARTS) is 1. The van der Waals surface area contributed by atoms with Gasteiger partial charge >= 0.3 is 6.09 Å². The predicted octanol–water partition coefficient (Wildman–Crippen LogP) is 4.27. The van der Waals surface area contributed by atoms with Crippen molar-refractivity contribution in [3.63, 3.8) is 0 Å². The molecule has 5 N–H and O–H groups in total. The van der Waals surface area contributed by atoms with Crippen molar-refractivity contribution in [3.8, 4) is 0 Å². The summed E-state index contributed by atoms with van der Waals surface area (Å²) in [5.74, 6) is 0.0828. The van der Waals surface area contributed by atoms with Crippen molar-refractivity contribution in [1.82, 2.24) is 24.8 Å². The van der Waals surface area contributed by atoms with Crippen LogP contribution in [0.25, 0.3) is 11.0 Å². The lowest BCUT2D eigenvalue weighted by molar-refractivity contribution is -0.0423. The largest absolute Gasteiger partial charge is 0.465 e. The molecule has 1 saturated heterocycles. The lowest BCUT2D eigenvalue weighted by atomic mass is 9.80. The van der Waals surface area contributed by atoms with Gasteiger partial charge in [-0.05, 0) is 16.7 Å². The third kappa shape index (κ3) is 4.74. The van der Waals surface area contributed by atoms with Crippen molar-refractivity contribution in [1.29, 1.82) is 5.53 Å². The van der Waals surface area contributed by atoms with Gasteiger partial charge < -0.3 is 25.0 Å². The van der Waals surface area contributed by atoms with Gasteiger partial charge in [0, 0.05) is 11.8 Å². The van der Waals surface area contributed by atoms with Crippen molar-refractivity contribution >= 4 is 22.9 Å². The van der Waals surface area contributed by atoms with E-state index in [0.717, 1.165) is 21.6 Å². The molecule has 43 heavy (non-hydrogen) atoms. The van der Waals surface area contributed by atoms with Crippen LogP contribution in [0, 0.1) is 5.53 Å². The van der Waals surface area contributed by atoms with Crippen LogP contribution in [-0.2, 0) is 10.3 Å². The first-order valence-corrected chi connectivity index (χ1v) is 13.5. The first-order chi connectivity index (χ1) is 21.0. The molecule has 3 aromatic carbocycles. The highest BCUT2D eigenvalue weighted by Gasteiger charge is 2.53. The van der Waals surface area contributed by atoms with Crippen LogP contribution in [0.1, 0.15) is 28.3 Å². The van der Waals surface area contributed by atoms with E-state index in [0.29, 0.717) is 11.1 Å². The summed E-state index contributed by atoms with van der Waals surface area (Å²) in [4.78, 5) is 28.0. The molecule has 0 spiro atoms. The number of aliphatic hydroxyl groups is 2. The minimum atomic E-state index is -1.50. The van der Waals surface area contributed by atoms with E-state index in [1.54, 1.807) is 0 Å². The molecule has 12 nitrogen and oxygen atoms in total. The maximum atomic E-state index is 12.8. The molecule has 0 aliphatic carbocycles. The maximum Gasteiger partial charge on any atom is 0.408 e. The topological polar surface area (TPSA) is 182 Å². The third-order valence-electron chi connectivity index (χ3n) is 7.89. The Kier molecular flexibility index (Phi) is 7.49. The Morgan fingerprint density at radius 1 is 0.930 bits per heavy atom. The van der Waals surface area contributed by atoms with E-state index < -0.39 is 36.0 Å². The summed E-state index contributed by atoms with van der Waals surface area (Å²) in [6, 6.07) is 26.4. The van der Waals surface area contributed by atoms with Gasteiger partial charge in [0.15, 0.2) is 5.11 Å². The number of rotatable bonds is 8. The highest BCUT2D eigenvalue weighted by molar-refractivity contribution is 5.87. The van der Waals surface area contributed by atoms with Gasteiger partial charge in [0.1, 0.15) is 35.2 Å². The molecule has 0 bridgehead atoms. The standard InChI is InChI=1S/C31H27N7O5/c32-37-36-29-25-24(34-18-35-29)22(16-33-25)26-28(40)27(39)23(38(26)30(41)42)17-43-31(19-10-4-1-5-11-19,20-12-6-2-7-13-20)21-14-8-3-9-15-21/h1-16,18,23,26-28,32,39-40H,17H2,(H,41,42)/p+1. The summed E-state index contributed by atoms with van der Waals surface area (Å²) in [5, 5.41) is 36.7. The number of hydrogen-bond acceptors (Lipinski definition) is 8. The number of nitrogens with one attached hydrogen (secondary N) is 2. The summed E-state index contributed by atoms with van der Waals surface area (Å²) in [5.41, 5.74) is 9.23. The average Bonchev–Trinajstić information content (AvgIpc) is 3.58. The number of H-pyrrole nitrogens is 1. The molecule has 0 saturated carbocycles. The van der Waals surface area contributed by atoms with E-state index in [1.165, 1.54) is 12.5 Å². The molecule has 3 heterocycles. The minimum absolute atomic E-state index is 0.0828. The van der Waals surface area contributed by atoms with E-state index >= 15 is 0 Å². The van der Waals surface area contributed by atoms with E-state index in [1.807, 2.05) is 91.0 Å². The Bertz CT molecular complexity index is 1680. The molecular weight excluding hydrogens is 550 g/mol. The van der Waals surface area contributed by atoms with Crippen LogP contribution in [0.4, 0.5) is 10.6 Å². The first-order valence-electron chi connectivity index (χ1n) is 13.5. The van der Waals surface area contributed by atoms with Crippen molar-refractivity contribution in [2.75, 3.05) is 6.61 Å². The van der Waals surface area contributed by atoms with Crippen molar-refractivity contribution < 1.29 is 24.9 Å². The second-order valence-electron chi connectivity index (χ2n) is 10.1. The summed E-state index contributed by atoms with van der Waals surface area (Å²) in [6.07, 6.45) is -1.64. The van der Waals surface area contributed by atoms with Gasteiger partial charge in [0.2, 0.25) is 4.91 Å². The monoisotopic (exact) mass is 578 g/mol. The number of likely N-dealkylation sites (tertiary alicyclic amines) is 1. The molecule has 216 valence electrons. The Labute approximate surface area is 245 Å². The smallest absolute Gasteiger partial charge is 0.408 e. The number of fused-ring (bicyclic) bond motifs is 1. The van der Waals surface area contributed by atoms with E-state index in [9.17, 15) is 20.1 Å². The number of amides is 1. The molecule has 1 aliphatic heterocycles. The number of ether oxygens (including phenoxy) is 1. The number of aromatic nitrogens is 3. The van der Waals surface area contributed by atoms with Gasteiger partial charge in [-0.2, -0.15) is 0 Å². The summed E-state index contributed by atoms with van der Waals surface area (Å²) in [6.45, 7) is -0.255. The zero-order valence-corrected chi connectivity index (χ0v) is 22.7. The fourth-order valence-corrected chi connectivity index (χ4v) is 6.00. The number of hydrogen-bond donors (Lipinski definition) is 5. The van der Waals surface area contributed by atoms with Crippen LogP contribution in [0.5, 0.6) is 0 Å². The Balaban J connectivity index is 1.44. The van der Waals surface area contributed by atoms with Crippen molar-refractivity contribution in [2.45, 2.75) is 29.9 Å². The van der Waals surface area contributed by atoms with Crippen LogP contribution in [-0.4, -0.2) is 66.1 Å². The minimum Gasteiger partial charge on any atom is -0.465 e. The fourth-order valence-electron chi connectivity index (χ4n) is 6.00. The summed E-state index contributed by atoms with van der Waals surface area (Å²) >= 11 is 0. The predicted molar refractivity (Wildman–Crippen MR) is 154 cm³/mol. The number of aromatic amines is 1. The highest BCUT2D eigenvalue weighted by Crippen LogP contribution is 2.44. The van der Waals surface area contributed by atoms with Gasteiger partial charge in [-0.3, -0.25) is 4.90 Å². The van der Waals surface area contributed by atoms with Gasteiger partial charge in [-0.25, -0.2) is 14.8 Å². The highest BCUT2D eigenvalue weighted by atomic mass is 16.5. The maximum absolute atomic E-state index is 12.8. The second-order valence-corrected chi connectivity index (χ2v) is 10.1. The molecule has 1 aliphatic rings. The van der Waals surface area contributed by atoms with Crippen molar-refractivity contribution in [3.05, 3.63) is 126 Å². The van der Waals surface area contributed by atoms with Gasteiger partial charge in [-0.1, -0.05) is 91.0 Å². The lowest BCUT2D eigenvalue weighted by Crippen LogP contribution is -2.46. The summed E-state index contributed by atoms with van der Waals surface area (Å²) in [7, 11) is 0. The fraction of sp³-hybridized carbons (Fsp3) is 0.194. The second kappa shape index (κ2) is 11.6. The Hall–Kier alpha value is -5.26. The molecule has 1 fully saturated rings. The number of benzene rings is 3. The van der Waals surface area contributed by atoms with Gasteiger partial charge in [-0.15, -0.1) is 0 Å². The molecule has 1 amide bonds. The summed E-state index contributed by atoms with van der Waals surface area (Å²) < 4.78 is 6.82. The van der Waals surface area contributed by atoms with Crippen LogP contribution in [0.3, 0.4) is 0 Å². The molecular formula is C31H28N7O5+. The normalized spacial score (nSPS) is 20.2. The zero-order valence-electron chi connectivity index (χ0n) is 22.7. The van der Waals surface area contributed by atoms with E-state index in [2.05, 4.69) is 25.0 Å². The molecule has 5 aromatic rings. The van der Waals surface area contributed by atoms with Crippen LogP contribution in [0.15, 0.2) is 109 Å². The molecule has 0 radical (unpaired) electrons. The van der Waals surface area contributed by atoms with E-state index in [4.69, 9.17) is 10.3 Å². The van der Waals surface area contributed by atoms with Gasteiger partial charge in [0.05, 0.1) is 24.2 Å². The van der Waals surface area contributed by atoms with Crippen molar-refractivity contribution in [2.24, 2.45) is 5.11 Å². The zero-order chi connectivity index (χ0) is 30.0. The SMILES string of the molecule is N=[N+]=Nc1ncnc2c(C3C(O)C(O)C(COC(c4ccccc4)(c4ccccc4)c4ccccc4)N3C(=O)O)c[nH]c12. The van der Waals surface area contributed by atoms with Gasteiger partial charge in [0.25, 0.3) is 5.82 Å². The molecule has 2 aromatic heterocycles. The molecule has 12 heteroatoms. The molecule has 6 rings (SSSR count). The quantitative estimate of drug-likeness (QED) is 0.103. The van der Waals surface area contributed by atoms with Crippen LogP contribution < -0.4 is 4.91 Å². The average molecular weight is 579 g/mol. The number of nitrogens with zero attached hydrogens (tertiary/aromatic N) is 5. The third-order valence-corrected chi connectivity index (χ3v) is 7.89. The Morgan fingerprint density at radius 2 is 1.49 bits per heavy atom. The van der Waals surface area contributed by atoms with Crippen LogP contribution in [0.2, 0.25) is 0 Å². The number of carbonyl (C=O) groups is 1. The van der Waals surface area contributed by atoms with Crippen LogP contribution >= 0.6 is 0 Å². The molecule has 4 unspecified atom stereocenters. The number of aliphatic hydroxyl groups excluding tert-OH is 2. The van der Waals surface area contributed by atoms with E-state index in [-0.39, 0.29) is 17.9 Å². The first kappa shape index (κ1) is 27.9. The lowest BCUT2D eigenvalue weighted by Gasteiger charge is -2.38. The Morgan fingerprint density at radius 3 is 2.00 bits per heavy atom. The molecule has 4 atom stereocenters.